The summed E-state index contributed by atoms with van der Waals surface area (Å²) in [6.07, 6.45) is -3.36. The van der Waals surface area contributed by atoms with Crippen LogP contribution in [0.4, 0.5) is 23.8 Å². The van der Waals surface area contributed by atoms with Crippen molar-refractivity contribution >= 4 is 17.8 Å². The summed E-state index contributed by atoms with van der Waals surface area (Å²) < 4.78 is 43.5. The normalized spacial score (nSPS) is 18.4. The molecule has 1 atom stereocenters. The molecule has 0 radical (unpaired) electrons. The predicted octanol–water partition coefficient (Wildman–Crippen LogP) is 3.83. The van der Waals surface area contributed by atoms with Gasteiger partial charge in [-0.25, -0.2) is 9.78 Å². The van der Waals surface area contributed by atoms with E-state index in [0.29, 0.717) is 13.0 Å². The first kappa shape index (κ1) is 20.0. The summed E-state index contributed by atoms with van der Waals surface area (Å²) in [4.78, 5) is 29.6. The van der Waals surface area contributed by atoms with Crippen molar-refractivity contribution in [3.05, 3.63) is 23.9 Å². The van der Waals surface area contributed by atoms with Crippen LogP contribution in [0.5, 0.6) is 0 Å². The third kappa shape index (κ3) is 5.34. The Balaban J connectivity index is 2.12. The molecule has 1 saturated heterocycles. The molecule has 1 aromatic heterocycles. The SMILES string of the molecule is CC(C)(C)OC(=O)N1CCCCC1C(=O)Nc1cccc(C(F)(F)F)n1. The van der Waals surface area contributed by atoms with Crippen molar-refractivity contribution in [2.75, 3.05) is 11.9 Å². The number of aromatic nitrogens is 1. The number of hydrogen-bond acceptors (Lipinski definition) is 4. The minimum Gasteiger partial charge on any atom is -0.444 e. The number of alkyl halides is 3. The predicted molar refractivity (Wildman–Crippen MR) is 88.4 cm³/mol. The molecule has 0 saturated carbocycles. The van der Waals surface area contributed by atoms with Crippen LogP contribution in [0.25, 0.3) is 0 Å². The number of nitrogens with zero attached hydrogens (tertiary/aromatic N) is 2. The molecule has 1 N–H and O–H groups in total. The number of piperidine rings is 1. The quantitative estimate of drug-likeness (QED) is 0.855. The Morgan fingerprint density at radius 3 is 2.54 bits per heavy atom. The number of carbonyl (C=O) groups is 2. The highest BCUT2D eigenvalue weighted by Crippen LogP contribution is 2.28. The topological polar surface area (TPSA) is 71.5 Å². The zero-order chi connectivity index (χ0) is 19.5. The van der Waals surface area contributed by atoms with Crippen LogP contribution in [0, 0.1) is 0 Å². The minimum absolute atomic E-state index is 0.209. The van der Waals surface area contributed by atoms with Gasteiger partial charge in [0, 0.05) is 6.54 Å². The van der Waals surface area contributed by atoms with Crippen molar-refractivity contribution in [2.45, 2.75) is 57.9 Å². The van der Waals surface area contributed by atoms with Gasteiger partial charge in [-0.2, -0.15) is 13.2 Å². The van der Waals surface area contributed by atoms with Crippen LogP contribution in [0.15, 0.2) is 18.2 Å². The van der Waals surface area contributed by atoms with E-state index in [1.165, 1.54) is 11.0 Å². The monoisotopic (exact) mass is 373 g/mol. The molecule has 1 aromatic rings. The molecule has 1 aliphatic heterocycles. The zero-order valence-corrected chi connectivity index (χ0v) is 14.9. The maximum Gasteiger partial charge on any atom is 0.433 e. The van der Waals surface area contributed by atoms with Gasteiger partial charge in [0.05, 0.1) is 0 Å². The molecule has 6 nitrogen and oxygen atoms in total. The molecule has 26 heavy (non-hydrogen) atoms. The molecule has 0 bridgehead atoms. The van der Waals surface area contributed by atoms with Crippen molar-refractivity contribution in [3.8, 4) is 0 Å². The summed E-state index contributed by atoms with van der Waals surface area (Å²) in [7, 11) is 0. The molecule has 0 aliphatic carbocycles. The lowest BCUT2D eigenvalue weighted by Crippen LogP contribution is -2.51. The van der Waals surface area contributed by atoms with E-state index in [2.05, 4.69) is 10.3 Å². The van der Waals surface area contributed by atoms with Crippen LogP contribution >= 0.6 is 0 Å². The minimum atomic E-state index is -4.60. The number of rotatable bonds is 2. The van der Waals surface area contributed by atoms with E-state index in [9.17, 15) is 22.8 Å². The van der Waals surface area contributed by atoms with Crippen LogP contribution in [0.1, 0.15) is 45.7 Å². The molecule has 2 rings (SSSR count). The Morgan fingerprint density at radius 1 is 1.23 bits per heavy atom. The lowest BCUT2D eigenvalue weighted by atomic mass is 10.0. The highest BCUT2D eigenvalue weighted by molar-refractivity contribution is 5.96. The van der Waals surface area contributed by atoms with Gasteiger partial charge in [-0.1, -0.05) is 6.07 Å². The Morgan fingerprint density at radius 2 is 1.92 bits per heavy atom. The van der Waals surface area contributed by atoms with Crippen molar-refractivity contribution in [3.63, 3.8) is 0 Å². The van der Waals surface area contributed by atoms with Gasteiger partial charge in [0.2, 0.25) is 5.91 Å². The lowest BCUT2D eigenvalue weighted by Gasteiger charge is -2.35. The third-order valence-corrected chi connectivity index (χ3v) is 3.72. The number of likely N-dealkylation sites (tertiary alicyclic amines) is 1. The second-order valence-corrected chi connectivity index (χ2v) is 7.08. The van der Waals surface area contributed by atoms with Crippen LogP contribution in [-0.4, -0.2) is 40.1 Å². The first-order valence-electron chi connectivity index (χ1n) is 8.32. The van der Waals surface area contributed by atoms with Gasteiger partial charge < -0.3 is 10.1 Å². The van der Waals surface area contributed by atoms with Gasteiger partial charge in [0.1, 0.15) is 23.2 Å². The molecule has 2 amide bonds. The first-order chi connectivity index (χ1) is 12.0. The van der Waals surface area contributed by atoms with E-state index in [1.807, 2.05) is 0 Å². The molecule has 144 valence electrons. The Labute approximate surface area is 149 Å². The molecule has 0 spiro atoms. The number of carbonyl (C=O) groups excluding carboxylic acids is 2. The Hall–Kier alpha value is -2.32. The summed E-state index contributed by atoms with van der Waals surface area (Å²) in [6, 6.07) is 2.45. The average molecular weight is 373 g/mol. The number of amides is 2. The highest BCUT2D eigenvalue weighted by Gasteiger charge is 2.36. The fraction of sp³-hybridized carbons (Fsp3) is 0.588. The summed E-state index contributed by atoms with van der Waals surface area (Å²) in [6.45, 7) is 5.51. The van der Waals surface area contributed by atoms with E-state index in [4.69, 9.17) is 4.74 Å². The van der Waals surface area contributed by atoms with Crippen molar-refractivity contribution in [1.82, 2.24) is 9.88 Å². The van der Waals surface area contributed by atoms with E-state index >= 15 is 0 Å². The molecule has 1 aliphatic rings. The lowest BCUT2D eigenvalue weighted by molar-refractivity contribution is -0.141. The van der Waals surface area contributed by atoms with E-state index in [1.54, 1.807) is 20.8 Å². The van der Waals surface area contributed by atoms with E-state index in [-0.39, 0.29) is 5.82 Å². The smallest absolute Gasteiger partial charge is 0.433 e. The summed E-state index contributed by atoms with van der Waals surface area (Å²) in [5.41, 5.74) is -1.80. The second-order valence-electron chi connectivity index (χ2n) is 7.08. The summed E-state index contributed by atoms with van der Waals surface area (Å²) >= 11 is 0. The molecular weight excluding hydrogens is 351 g/mol. The standard InChI is InChI=1S/C17H22F3N3O3/c1-16(2,3)26-15(25)23-10-5-4-7-11(23)14(24)22-13-9-6-8-12(21-13)17(18,19)20/h6,8-9,11H,4-5,7,10H2,1-3H3,(H,21,22,24). The third-order valence-electron chi connectivity index (χ3n) is 3.72. The van der Waals surface area contributed by atoms with Crippen LogP contribution in [0.3, 0.4) is 0 Å². The van der Waals surface area contributed by atoms with E-state index < -0.39 is 35.5 Å². The largest absolute Gasteiger partial charge is 0.444 e. The van der Waals surface area contributed by atoms with Crippen LogP contribution in [-0.2, 0) is 15.7 Å². The summed E-state index contributed by atoms with van der Waals surface area (Å²) in [5, 5.41) is 2.37. The van der Waals surface area contributed by atoms with Gasteiger partial charge in [-0.15, -0.1) is 0 Å². The Kier molecular flexibility index (Phi) is 5.77. The molecule has 1 unspecified atom stereocenters. The van der Waals surface area contributed by atoms with Gasteiger partial charge in [-0.05, 0) is 52.2 Å². The number of anilines is 1. The van der Waals surface area contributed by atoms with Crippen LogP contribution in [0.2, 0.25) is 0 Å². The van der Waals surface area contributed by atoms with Gasteiger partial charge in [0.15, 0.2) is 0 Å². The van der Waals surface area contributed by atoms with Gasteiger partial charge in [0.25, 0.3) is 0 Å². The number of pyridine rings is 1. The maximum atomic E-state index is 12.7. The van der Waals surface area contributed by atoms with Crippen molar-refractivity contribution < 1.29 is 27.5 Å². The van der Waals surface area contributed by atoms with E-state index in [0.717, 1.165) is 25.0 Å². The number of ether oxygens (including phenoxy) is 1. The summed E-state index contributed by atoms with van der Waals surface area (Å²) in [5.74, 6) is -0.790. The van der Waals surface area contributed by atoms with Crippen molar-refractivity contribution in [2.24, 2.45) is 0 Å². The van der Waals surface area contributed by atoms with Crippen molar-refractivity contribution in [1.29, 1.82) is 0 Å². The second kappa shape index (κ2) is 7.51. The average Bonchev–Trinajstić information content (AvgIpc) is 2.52. The van der Waals surface area contributed by atoms with Gasteiger partial charge in [-0.3, -0.25) is 9.69 Å². The number of halogens is 3. The zero-order valence-electron chi connectivity index (χ0n) is 14.9. The number of nitrogens with one attached hydrogen (secondary N) is 1. The fourth-order valence-corrected chi connectivity index (χ4v) is 2.61. The van der Waals surface area contributed by atoms with Crippen LogP contribution < -0.4 is 5.32 Å². The van der Waals surface area contributed by atoms with Gasteiger partial charge >= 0.3 is 12.3 Å². The number of hydrogen-bond donors (Lipinski definition) is 1. The molecule has 9 heteroatoms. The highest BCUT2D eigenvalue weighted by atomic mass is 19.4. The first-order valence-corrected chi connectivity index (χ1v) is 8.32. The molecular formula is C17H22F3N3O3. The Bertz CT molecular complexity index is 671. The fourth-order valence-electron chi connectivity index (χ4n) is 2.61. The maximum absolute atomic E-state index is 12.7. The molecule has 2 heterocycles. The molecule has 1 fully saturated rings. The molecule has 0 aromatic carbocycles.